The fourth-order valence-electron chi connectivity index (χ4n) is 3.00. The molecule has 1 rings (SSSR count). The van der Waals surface area contributed by atoms with Crippen LogP contribution in [0.4, 0.5) is 0 Å². The molecular formula is C16H31N2O3P. The quantitative estimate of drug-likeness (QED) is 0.442. The van der Waals surface area contributed by atoms with Crippen LogP contribution in [0.3, 0.4) is 0 Å². The van der Waals surface area contributed by atoms with Gasteiger partial charge in [0.25, 0.3) is 0 Å². The topological polar surface area (TPSA) is 46.3 Å². The zero-order valence-corrected chi connectivity index (χ0v) is 15.6. The first-order valence-corrected chi connectivity index (χ1v) is 9.42. The fraction of sp³-hybridized carbons (Fsp3) is 0.938. The summed E-state index contributed by atoms with van der Waals surface area (Å²) in [4.78, 5) is 3.38. The Balaban J connectivity index is 3.03. The van der Waals surface area contributed by atoms with E-state index in [1.165, 1.54) is 0 Å². The van der Waals surface area contributed by atoms with Crippen LogP contribution in [0, 0.1) is 12.5 Å². The molecule has 0 saturated carbocycles. The molecule has 0 aliphatic carbocycles. The molecule has 1 fully saturated rings. The summed E-state index contributed by atoms with van der Waals surface area (Å²) in [6.07, 6.45) is -0.695. The summed E-state index contributed by atoms with van der Waals surface area (Å²) < 4.78 is 14.2. The molecule has 0 bridgehead atoms. The van der Waals surface area contributed by atoms with Gasteiger partial charge >= 0.3 is 0 Å². The van der Waals surface area contributed by atoms with Gasteiger partial charge in [-0.15, -0.1) is 0 Å². The summed E-state index contributed by atoms with van der Waals surface area (Å²) in [5, 5.41) is 10.7. The Hall–Kier alpha value is -0.240. The van der Waals surface area contributed by atoms with Crippen molar-refractivity contribution in [2.45, 2.75) is 71.5 Å². The van der Waals surface area contributed by atoms with E-state index in [-0.39, 0.29) is 17.7 Å². The normalized spacial score (nSPS) is 30.8. The number of hydrogen-bond acceptors (Lipinski definition) is 4. The molecule has 22 heavy (non-hydrogen) atoms. The predicted octanol–water partition coefficient (Wildman–Crippen LogP) is 3.14. The molecule has 5 atom stereocenters. The number of nitrogens with zero attached hydrogens (tertiary/aromatic N) is 2. The minimum Gasteiger partial charge on any atom is -0.390 e. The third-order valence-electron chi connectivity index (χ3n) is 4.00. The van der Waals surface area contributed by atoms with Gasteiger partial charge < -0.3 is 19.2 Å². The first-order valence-electron chi connectivity index (χ1n) is 8.14. The number of hydrogen-bond donors (Lipinski definition) is 1. The van der Waals surface area contributed by atoms with Crippen LogP contribution in [0.5, 0.6) is 0 Å². The lowest BCUT2D eigenvalue weighted by molar-refractivity contribution is -0.0844. The zero-order chi connectivity index (χ0) is 16.9. The standard InChI is InChI=1S/C16H31N2O3P/c1-11(2)18(12(3)4)22(21-9-8-17-7)16-13(5)10-20-14(6)15(16)19/h11-16,19H,8-10H2,1-6H3/t13?,14-,15?,16?,22?/m0/s1. The van der Waals surface area contributed by atoms with Gasteiger partial charge in [-0.2, -0.15) is 0 Å². The van der Waals surface area contributed by atoms with Crippen molar-refractivity contribution in [1.82, 2.24) is 4.67 Å². The van der Waals surface area contributed by atoms with Gasteiger partial charge in [0.05, 0.1) is 24.5 Å². The van der Waals surface area contributed by atoms with Gasteiger partial charge in [0.2, 0.25) is 6.54 Å². The second-order valence-electron chi connectivity index (χ2n) is 6.58. The van der Waals surface area contributed by atoms with E-state index in [9.17, 15) is 5.11 Å². The Kier molecular flexibility index (Phi) is 8.24. The van der Waals surface area contributed by atoms with E-state index in [1.54, 1.807) is 0 Å². The van der Waals surface area contributed by atoms with E-state index in [2.05, 4.69) is 44.1 Å². The minimum atomic E-state index is -0.978. The third kappa shape index (κ3) is 4.88. The molecular weight excluding hydrogens is 299 g/mol. The molecule has 0 aromatic heterocycles. The SMILES string of the molecule is [C-]#[N+]CCOP(C1C(C)CO[C@@H](C)C1O)N(C(C)C)C(C)C. The van der Waals surface area contributed by atoms with Crippen molar-refractivity contribution in [3.05, 3.63) is 11.4 Å². The van der Waals surface area contributed by atoms with Crippen molar-refractivity contribution in [1.29, 1.82) is 0 Å². The summed E-state index contributed by atoms with van der Waals surface area (Å²) >= 11 is 0. The Bertz CT molecular complexity index is 365. The lowest BCUT2D eigenvalue weighted by Gasteiger charge is -2.47. The van der Waals surface area contributed by atoms with E-state index in [0.717, 1.165) is 0 Å². The van der Waals surface area contributed by atoms with Crippen molar-refractivity contribution < 1.29 is 14.4 Å². The maximum atomic E-state index is 10.7. The van der Waals surface area contributed by atoms with Gasteiger partial charge in [-0.3, -0.25) is 4.67 Å². The average Bonchev–Trinajstić information content (AvgIpc) is 2.42. The average molecular weight is 330 g/mol. The molecule has 0 radical (unpaired) electrons. The second kappa shape index (κ2) is 9.15. The van der Waals surface area contributed by atoms with Crippen LogP contribution < -0.4 is 0 Å². The highest BCUT2D eigenvalue weighted by molar-refractivity contribution is 7.51. The first kappa shape index (κ1) is 19.8. The van der Waals surface area contributed by atoms with E-state index in [4.69, 9.17) is 15.8 Å². The van der Waals surface area contributed by atoms with Crippen LogP contribution in [0.1, 0.15) is 41.5 Å². The summed E-state index contributed by atoms with van der Waals surface area (Å²) in [5.41, 5.74) is 0.0503. The van der Waals surface area contributed by atoms with Crippen molar-refractivity contribution >= 4 is 8.30 Å². The molecule has 1 saturated heterocycles. The van der Waals surface area contributed by atoms with E-state index in [0.29, 0.717) is 31.8 Å². The largest absolute Gasteiger partial charge is 0.390 e. The molecule has 1 heterocycles. The first-order chi connectivity index (χ1) is 10.3. The van der Waals surface area contributed by atoms with Crippen LogP contribution >= 0.6 is 8.30 Å². The Morgan fingerprint density at radius 3 is 2.41 bits per heavy atom. The van der Waals surface area contributed by atoms with Crippen LogP contribution in [-0.2, 0) is 9.26 Å². The van der Waals surface area contributed by atoms with Crippen molar-refractivity contribution in [3.63, 3.8) is 0 Å². The highest BCUT2D eigenvalue weighted by Crippen LogP contribution is 2.54. The summed E-state index contributed by atoms with van der Waals surface area (Å²) in [5.74, 6) is 0.241. The second-order valence-corrected chi connectivity index (χ2v) is 8.50. The fourth-order valence-corrected chi connectivity index (χ4v) is 5.82. The summed E-state index contributed by atoms with van der Waals surface area (Å²) in [6, 6.07) is 0.660. The zero-order valence-electron chi connectivity index (χ0n) is 14.7. The van der Waals surface area contributed by atoms with E-state index < -0.39 is 14.4 Å². The maximum absolute atomic E-state index is 10.7. The maximum Gasteiger partial charge on any atom is 0.238 e. The summed E-state index contributed by atoms with van der Waals surface area (Å²) in [7, 11) is -0.978. The van der Waals surface area contributed by atoms with Gasteiger partial charge in [0, 0.05) is 12.1 Å². The van der Waals surface area contributed by atoms with Gasteiger partial charge in [-0.1, -0.05) is 6.92 Å². The number of aliphatic hydroxyl groups excluding tert-OH is 1. The van der Waals surface area contributed by atoms with Crippen LogP contribution in [-0.4, -0.2) is 59.5 Å². The van der Waals surface area contributed by atoms with Crippen LogP contribution in [0.15, 0.2) is 0 Å². The number of ether oxygens (including phenoxy) is 1. The van der Waals surface area contributed by atoms with Crippen molar-refractivity contribution in [2.24, 2.45) is 5.92 Å². The Labute approximate surface area is 136 Å². The van der Waals surface area contributed by atoms with Crippen LogP contribution in [0.2, 0.25) is 0 Å². The molecule has 0 aromatic rings. The smallest absolute Gasteiger partial charge is 0.238 e. The molecule has 1 aliphatic rings. The monoisotopic (exact) mass is 330 g/mol. The van der Waals surface area contributed by atoms with Crippen molar-refractivity contribution in [3.8, 4) is 0 Å². The molecule has 6 heteroatoms. The summed E-state index contributed by atoms with van der Waals surface area (Å²) in [6.45, 7) is 21.1. The molecule has 128 valence electrons. The molecule has 0 amide bonds. The molecule has 0 aromatic carbocycles. The highest BCUT2D eigenvalue weighted by atomic mass is 31.2. The van der Waals surface area contributed by atoms with Crippen molar-refractivity contribution in [2.75, 3.05) is 19.8 Å². The minimum absolute atomic E-state index is 0.0503. The van der Waals surface area contributed by atoms with Gasteiger partial charge in [0.1, 0.15) is 14.9 Å². The number of aliphatic hydroxyl groups is 1. The molecule has 5 nitrogen and oxygen atoms in total. The highest BCUT2D eigenvalue weighted by Gasteiger charge is 2.44. The predicted molar refractivity (Wildman–Crippen MR) is 90.8 cm³/mol. The Morgan fingerprint density at radius 2 is 1.91 bits per heavy atom. The van der Waals surface area contributed by atoms with Gasteiger partial charge in [0.15, 0.2) is 0 Å². The van der Waals surface area contributed by atoms with Gasteiger partial charge in [-0.05, 0) is 40.5 Å². The lowest BCUT2D eigenvalue weighted by Crippen LogP contribution is -2.50. The lowest BCUT2D eigenvalue weighted by atomic mass is 9.97. The third-order valence-corrected chi connectivity index (χ3v) is 7.15. The molecule has 1 N–H and O–H groups in total. The Morgan fingerprint density at radius 1 is 1.32 bits per heavy atom. The molecule has 4 unspecified atom stereocenters. The molecule has 1 aliphatic heterocycles. The molecule has 0 spiro atoms. The number of rotatable bonds is 7. The van der Waals surface area contributed by atoms with Gasteiger partial charge in [-0.25, -0.2) is 6.57 Å². The van der Waals surface area contributed by atoms with Crippen LogP contribution in [0.25, 0.3) is 4.85 Å². The van der Waals surface area contributed by atoms with E-state index >= 15 is 0 Å². The van der Waals surface area contributed by atoms with E-state index in [1.807, 2.05) is 6.92 Å².